The SMILES string of the molecule is CN=CC(=CN)c1cc(-c2ccc(N3CC4CC(C3)N4CC#Cc3ccc(C(F)(F)F)cc3)nc2)c2c(C#N)cnn2c1. The van der Waals surface area contributed by atoms with Crippen molar-refractivity contribution in [3.8, 4) is 29.0 Å². The number of rotatable bonds is 5. The molecule has 216 valence electrons. The summed E-state index contributed by atoms with van der Waals surface area (Å²) in [7, 11) is 1.67. The van der Waals surface area contributed by atoms with Gasteiger partial charge >= 0.3 is 6.18 Å². The normalized spacial score (nSPS) is 18.8. The van der Waals surface area contributed by atoms with Crippen molar-refractivity contribution < 1.29 is 13.2 Å². The van der Waals surface area contributed by atoms with Crippen molar-refractivity contribution in [3.05, 3.63) is 89.5 Å². The minimum absolute atomic E-state index is 0.338. The van der Waals surface area contributed by atoms with Crippen molar-refractivity contribution in [2.45, 2.75) is 24.7 Å². The number of alkyl halides is 3. The molecule has 0 amide bonds. The van der Waals surface area contributed by atoms with Crippen LogP contribution in [0.2, 0.25) is 0 Å². The van der Waals surface area contributed by atoms with Crippen molar-refractivity contribution in [1.29, 1.82) is 5.26 Å². The molecule has 0 radical (unpaired) electrons. The molecule has 3 aliphatic heterocycles. The van der Waals surface area contributed by atoms with Crippen LogP contribution in [0, 0.1) is 23.2 Å². The molecule has 43 heavy (non-hydrogen) atoms. The lowest BCUT2D eigenvalue weighted by molar-refractivity contribution is -0.137. The van der Waals surface area contributed by atoms with Gasteiger partial charge < -0.3 is 10.6 Å². The number of pyridine rings is 2. The number of benzene rings is 1. The average molecular weight is 581 g/mol. The summed E-state index contributed by atoms with van der Waals surface area (Å²) in [4.78, 5) is 13.5. The van der Waals surface area contributed by atoms with Crippen LogP contribution >= 0.6 is 0 Å². The van der Waals surface area contributed by atoms with E-state index in [0.29, 0.717) is 35.3 Å². The maximum atomic E-state index is 12.8. The standard InChI is InChI=1S/C32H27F3N8/c1-38-15-24(13-36)23-11-29(31-25(14-37)17-40-43(31)18-23)22-6-9-30(39-16-22)41-19-27-12-28(20-41)42(27)10-2-3-21-4-7-26(8-5-21)32(33,34)35/h4-9,11,13,15-18,27-28H,10,12,19-20,36H2,1H3. The molecule has 3 saturated heterocycles. The van der Waals surface area contributed by atoms with Gasteiger partial charge in [0, 0.05) is 84.9 Å². The fourth-order valence-electron chi connectivity index (χ4n) is 5.77. The first-order valence-electron chi connectivity index (χ1n) is 13.7. The summed E-state index contributed by atoms with van der Waals surface area (Å²) < 4.78 is 40.0. The first kappa shape index (κ1) is 28.0. The van der Waals surface area contributed by atoms with Crippen LogP contribution in [0.3, 0.4) is 0 Å². The summed E-state index contributed by atoms with van der Waals surface area (Å²) in [5.41, 5.74) is 10.1. The highest BCUT2D eigenvalue weighted by Gasteiger charge is 2.44. The molecule has 3 aliphatic rings. The summed E-state index contributed by atoms with van der Waals surface area (Å²) in [6.45, 7) is 2.19. The largest absolute Gasteiger partial charge is 0.416 e. The highest BCUT2D eigenvalue weighted by atomic mass is 19.4. The Morgan fingerprint density at radius 1 is 1.14 bits per heavy atom. The number of piperidine rings is 1. The van der Waals surface area contributed by atoms with E-state index in [1.54, 1.807) is 24.0 Å². The molecule has 0 saturated carbocycles. The first-order valence-corrected chi connectivity index (χ1v) is 13.7. The van der Waals surface area contributed by atoms with Crippen LogP contribution in [0.25, 0.3) is 22.2 Å². The number of hydrogen-bond acceptors (Lipinski definition) is 7. The molecule has 2 bridgehead atoms. The van der Waals surface area contributed by atoms with E-state index < -0.39 is 11.7 Å². The second-order valence-corrected chi connectivity index (χ2v) is 10.5. The second kappa shape index (κ2) is 11.3. The van der Waals surface area contributed by atoms with Crippen molar-refractivity contribution in [2.75, 3.05) is 31.6 Å². The fraction of sp³-hybridized carbons (Fsp3) is 0.250. The van der Waals surface area contributed by atoms with Gasteiger partial charge in [-0.15, -0.1) is 0 Å². The van der Waals surface area contributed by atoms with Gasteiger partial charge in [0.1, 0.15) is 11.9 Å². The smallest absolute Gasteiger partial charge is 0.404 e. The van der Waals surface area contributed by atoms with Crippen LogP contribution in [0.15, 0.2) is 72.2 Å². The Hall–Kier alpha value is -5.13. The topological polar surface area (TPSA) is 98.8 Å². The Kier molecular flexibility index (Phi) is 7.34. The maximum Gasteiger partial charge on any atom is 0.416 e. The summed E-state index contributed by atoms with van der Waals surface area (Å²) in [6, 6.07) is 13.8. The van der Waals surface area contributed by atoms with Crippen molar-refractivity contribution in [3.63, 3.8) is 0 Å². The number of fused-ring (bicyclic) bond motifs is 3. The van der Waals surface area contributed by atoms with Gasteiger partial charge in [0.2, 0.25) is 0 Å². The number of piperazine rings is 1. The van der Waals surface area contributed by atoms with Crippen LogP contribution in [0.4, 0.5) is 19.0 Å². The molecule has 0 aliphatic carbocycles. The van der Waals surface area contributed by atoms with Gasteiger partial charge in [-0.3, -0.25) is 9.89 Å². The monoisotopic (exact) mass is 580 g/mol. The number of nitrogens with two attached hydrogens (primary N) is 1. The maximum absolute atomic E-state index is 12.8. The van der Waals surface area contributed by atoms with E-state index in [1.165, 1.54) is 18.3 Å². The van der Waals surface area contributed by atoms with E-state index in [1.807, 2.05) is 30.6 Å². The van der Waals surface area contributed by atoms with Crippen molar-refractivity contribution >= 4 is 23.1 Å². The Balaban J connectivity index is 1.16. The minimum Gasteiger partial charge on any atom is -0.404 e. The van der Waals surface area contributed by atoms with E-state index >= 15 is 0 Å². The van der Waals surface area contributed by atoms with Gasteiger partial charge in [0.05, 0.1) is 29.4 Å². The number of hydrogen-bond donors (Lipinski definition) is 1. The van der Waals surface area contributed by atoms with E-state index in [2.05, 4.69) is 37.8 Å². The van der Waals surface area contributed by atoms with Gasteiger partial charge in [-0.2, -0.15) is 23.5 Å². The van der Waals surface area contributed by atoms with Gasteiger partial charge in [-0.1, -0.05) is 11.8 Å². The minimum atomic E-state index is -4.35. The molecule has 0 spiro atoms. The number of nitrogens with zero attached hydrogens (tertiary/aromatic N) is 7. The molecule has 1 aromatic carbocycles. The molecule has 8 nitrogen and oxygen atoms in total. The molecule has 3 fully saturated rings. The third kappa shape index (κ3) is 5.43. The molecule has 4 aromatic rings. The van der Waals surface area contributed by atoms with Crippen LogP contribution < -0.4 is 10.6 Å². The quantitative estimate of drug-likeness (QED) is 0.274. The van der Waals surface area contributed by atoms with Gasteiger partial charge in [0.15, 0.2) is 0 Å². The summed E-state index contributed by atoms with van der Waals surface area (Å²) in [5.74, 6) is 6.99. The number of halogens is 3. The lowest BCUT2D eigenvalue weighted by atomic mass is 9.87. The average Bonchev–Trinajstić information content (AvgIpc) is 3.44. The zero-order valence-corrected chi connectivity index (χ0v) is 23.3. The van der Waals surface area contributed by atoms with Crippen LogP contribution in [0.1, 0.15) is 28.7 Å². The number of aromatic nitrogens is 3. The van der Waals surface area contributed by atoms with E-state index in [-0.39, 0.29) is 0 Å². The Labute approximate surface area is 246 Å². The van der Waals surface area contributed by atoms with Crippen LogP contribution in [0.5, 0.6) is 0 Å². The molecule has 2 unspecified atom stereocenters. The highest BCUT2D eigenvalue weighted by Crippen LogP contribution is 2.35. The molecular formula is C32H27F3N8. The first-order chi connectivity index (χ1) is 20.8. The predicted octanol–water partition coefficient (Wildman–Crippen LogP) is 4.60. The number of allylic oxidation sites excluding steroid dienone is 1. The number of anilines is 1. The summed E-state index contributed by atoms with van der Waals surface area (Å²) >= 11 is 0. The number of aliphatic imine (C=N–C) groups is 1. The highest BCUT2D eigenvalue weighted by molar-refractivity contribution is 6.10. The summed E-state index contributed by atoms with van der Waals surface area (Å²) in [5, 5.41) is 14.1. The van der Waals surface area contributed by atoms with E-state index in [4.69, 9.17) is 10.7 Å². The molecule has 3 aromatic heterocycles. The predicted molar refractivity (Wildman–Crippen MR) is 159 cm³/mol. The van der Waals surface area contributed by atoms with Crippen molar-refractivity contribution in [1.82, 2.24) is 19.5 Å². The van der Waals surface area contributed by atoms with Gasteiger partial charge in [-0.05, 0) is 48.9 Å². The third-order valence-electron chi connectivity index (χ3n) is 7.95. The molecule has 7 rings (SSSR count). The molecular weight excluding hydrogens is 553 g/mol. The lowest BCUT2D eigenvalue weighted by Crippen LogP contribution is -2.68. The molecule has 2 N–H and O–H groups in total. The number of nitriles is 1. The Morgan fingerprint density at radius 2 is 1.91 bits per heavy atom. The zero-order chi connectivity index (χ0) is 30.1. The fourth-order valence-corrected chi connectivity index (χ4v) is 5.77. The van der Waals surface area contributed by atoms with Gasteiger partial charge in [0.25, 0.3) is 0 Å². The molecule has 6 heterocycles. The Bertz CT molecular complexity index is 1810. The Morgan fingerprint density at radius 3 is 2.53 bits per heavy atom. The summed E-state index contributed by atoms with van der Waals surface area (Å²) in [6.07, 6.45) is 5.07. The zero-order valence-electron chi connectivity index (χ0n) is 23.3. The molecule has 2 atom stereocenters. The molecule has 11 heteroatoms. The van der Waals surface area contributed by atoms with Crippen molar-refractivity contribution in [2.24, 2.45) is 10.7 Å². The van der Waals surface area contributed by atoms with E-state index in [9.17, 15) is 18.4 Å². The third-order valence-corrected chi connectivity index (χ3v) is 7.95. The van der Waals surface area contributed by atoms with Gasteiger partial charge in [-0.25, -0.2) is 9.50 Å². The lowest BCUT2D eigenvalue weighted by Gasteiger charge is -2.56. The van der Waals surface area contributed by atoms with Crippen LogP contribution in [-0.4, -0.2) is 64.5 Å². The second-order valence-electron chi connectivity index (χ2n) is 10.5. The van der Waals surface area contributed by atoms with Crippen LogP contribution in [-0.2, 0) is 6.18 Å². The van der Waals surface area contributed by atoms with E-state index in [0.717, 1.165) is 59.7 Å².